The Labute approximate surface area is 115 Å². The van der Waals surface area contributed by atoms with Crippen LogP contribution in [0.3, 0.4) is 0 Å². The standard InChI is InChI=1S/C18H22O/c1-5-16-15(7-6-8-18(16)19)11-17-13(3)9-12(2)10-14(17)4/h6-10,19H,5,11H2,1-4H3. The summed E-state index contributed by atoms with van der Waals surface area (Å²) in [6.45, 7) is 8.57. The van der Waals surface area contributed by atoms with E-state index in [0.717, 1.165) is 18.4 Å². The maximum atomic E-state index is 9.95. The third-order valence-electron chi connectivity index (χ3n) is 3.81. The number of hydrogen-bond donors (Lipinski definition) is 1. The number of rotatable bonds is 3. The molecule has 0 heterocycles. The van der Waals surface area contributed by atoms with E-state index in [2.05, 4.69) is 45.9 Å². The lowest BCUT2D eigenvalue weighted by atomic mass is 9.91. The Bertz CT molecular complexity index is 574. The van der Waals surface area contributed by atoms with Gasteiger partial charge in [-0.2, -0.15) is 0 Å². The fourth-order valence-electron chi connectivity index (χ4n) is 2.87. The minimum atomic E-state index is 0.419. The first kappa shape index (κ1) is 13.7. The van der Waals surface area contributed by atoms with Crippen LogP contribution in [0.5, 0.6) is 5.75 Å². The molecule has 0 fully saturated rings. The van der Waals surface area contributed by atoms with Gasteiger partial charge in [0.25, 0.3) is 0 Å². The van der Waals surface area contributed by atoms with Crippen LogP contribution in [0, 0.1) is 20.8 Å². The molecule has 0 radical (unpaired) electrons. The van der Waals surface area contributed by atoms with E-state index in [9.17, 15) is 5.11 Å². The van der Waals surface area contributed by atoms with Crippen molar-refractivity contribution >= 4 is 0 Å². The molecule has 0 amide bonds. The number of aryl methyl sites for hydroxylation is 3. The highest BCUT2D eigenvalue weighted by Crippen LogP contribution is 2.26. The average molecular weight is 254 g/mol. The molecule has 2 aromatic rings. The second-order valence-corrected chi connectivity index (χ2v) is 5.32. The minimum Gasteiger partial charge on any atom is -0.508 e. The molecular formula is C18H22O. The van der Waals surface area contributed by atoms with Crippen LogP contribution in [0.15, 0.2) is 30.3 Å². The third kappa shape index (κ3) is 2.81. The van der Waals surface area contributed by atoms with Gasteiger partial charge in [-0.05, 0) is 67.5 Å². The Morgan fingerprint density at radius 1 is 0.947 bits per heavy atom. The molecule has 0 saturated carbocycles. The number of hydrogen-bond acceptors (Lipinski definition) is 1. The van der Waals surface area contributed by atoms with Crippen LogP contribution >= 0.6 is 0 Å². The van der Waals surface area contributed by atoms with E-state index in [-0.39, 0.29) is 0 Å². The van der Waals surface area contributed by atoms with E-state index in [0.29, 0.717) is 5.75 Å². The summed E-state index contributed by atoms with van der Waals surface area (Å²) in [7, 11) is 0. The first-order chi connectivity index (χ1) is 9.02. The third-order valence-corrected chi connectivity index (χ3v) is 3.81. The molecule has 100 valence electrons. The molecule has 0 atom stereocenters. The van der Waals surface area contributed by atoms with Crippen molar-refractivity contribution in [2.24, 2.45) is 0 Å². The quantitative estimate of drug-likeness (QED) is 0.856. The Morgan fingerprint density at radius 3 is 2.16 bits per heavy atom. The van der Waals surface area contributed by atoms with E-state index in [1.54, 1.807) is 6.07 Å². The summed E-state index contributed by atoms with van der Waals surface area (Å²) in [5.41, 5.74) is 7.67. The highest BCUT2D eigenvalue weighted by atomic mass is 16.3. The summed E-state index contributed by atoms with van der Waals surface area (Å²) in [6, 6.07) is 10.3. The van der Waals surface area contributed by atoms with Gasteiger partial charge in [0, 0.05) is 0 Å². The monoisotopic (exact) mass is 254 g/mol. The molecule has 0 aromatic heterocycles. The van der Waals surface area contributed by atoms with Crippen molar-refractivity contribution in [1.82, 2.24) is 0 Å². The molecule has 1 nitrogen and oxygen atoms in total. The second kappa shape index (κ2) is 5.48. The summed E-state index contributed by atoms with van der Waals surface area (Å²) >= 11 is 0. The lowest BCUT2D eigenvalue weighted by Gasteiger charge is -2.14. The highest BCUT2D eigenvalue weighted by Gasteiger charge is 2.10. The van der Waals surface area contributed by atoms with Crippen LogP contribution in [0.4, 0.5) is 0 Å². The molecule has 0 aliphatic carbocycles. The summed E-state index contributed by atoms with van der Waals surface area (Å²) in [5, 5.41) is 9.95. The van der Waals surface area contributed by atoms with Gasteiger partial charge in [-0.3, -0.25) is 0 Å². The van der Waals surface area contributed by atoms with E-state index >= 15 is 0 Å². The molecule has 19 heavy (non-hydrogen) atoms. The van der Waals surface area contributed by atoms with Crippen LogP contribution in [-0.2, 0) is 12.8 Å². The van der Waals surface area contributed by atoms with E-state index < -0.39 is 0 Å². The van der Waals surface area contributed by atoms with Gasteiger partial charge < -0.3 is 5.11 Å². The Hall–Kier alpha value is -1.76. The van der Waals surface area contributed by atoms with Gasteiger partial charge in [0.15, 0.2) is 0 Å². The molecule has 2 aromatic carbocycles. The van der Waals surface area contributed by atoms with Gasteiger partial charge >= 0.3 is 0 Å². The first-order valence-corrected chi connectivity index (χ1v) is 6.89. The van der Waals surface area contributed by atoms with Gasteiger partial charge in [-0.1, -0.05) is 36.8 Å². The van der Waals surface area contributed by atoms with Gasteiger partial charge in [0.05, 0.1) is 0 Å². The molecule has 0 bridgehead atoms. The Balaban J connectivity index is 2.45. The second-order valence-electron chi connectivity index (χ2n) is 5.32. The van der Waals surface area contributed by atoms with Crippen LogP contribution < -0.4 is 0 Å². The van der Waals surface area contributed by atoms with Crippen molar-refractivity contribution in [1.29, 1.82) is 0 Å². The molecule has 0 unspecified atom stereocenters. The molecule has 0 aliphatic heterocycles. The summed E-state index contributed by atoms with van der Waals surface area (Å²) < 4.78 is 0. The SMILES string of the molecule is CCc1c(O)cccc1Cc1c(C)cc(C)cc1C. The summed E-state index contributed by atoms with van der Waals surface area (Å²) in [4.78, 5) is 0. The van der Waals surface area contributed by atoms with Crippen molar-refractivity contribution < 1.29 is 5.11 Å². The van der Waals surface area contributed by atoms with Gasteiger partial charge in [-0.15, -0.1) is 0 Å². The molecule has 0 spiro atoms. The molecule has 1 N–H and O–H groups in total. The van der Waals surface area contributed by atoms with Crippen LogP contribution in [0.25, 0.3) is 0 Å². The van der Waals surface area contributed by atoms with Crippen LogP contribution in [0.2, 0.25) is 0 Å². The minimum absolute atomic E-state index is 0.419. The molecule has 1 heteroatoms. The van der Waals surface area contributed by atoms with Gasteiger partial charge in [-0.25, -0.2) is 0 Å². The van der Waals surface area contributed by atoms with Gasteiger partial charge in [0.2, 0.25) is 0 Å². The normalized spacial score (nSPS) is 10.7. The fourth-order valence-corrected chi connectivity index (χ4v) is 2.87. The molecule has 0 saturated heterocycles. The van der Waals surface area contributed by atoms with Crippen molar-refractivity contribution in [3.05, 3.63) is 63.7 Å². The predicted molar refractivity (Wildman–Crippen MR) is 80.9 cm³/mol. The van der Waals surface area contributed by atoms with E-state index in [4.69, 9.17) is 0 Å². The zero-order chi connectivity index (χ0) is 14.0. The lowest BCUT2D eigenvalue weighted by molar-refractivity contribution is 0.468. The molecular weight excluding hydrogens is 232 g/mol. The lowest BCUT2D eigenvalue weighted by Crippen LogP contribution is -2.00. The van der Waals surface area contributed by atoms with Gasteiger partial charge in [0.1, 0.15) is 5.75 Å². The number of phenolic OH excluding ortho intramolecular Hbond substituents is 1. The number of benzene rings is 2. The van der Waals surface area contributed by atoms with Crippen LogP contribution in [-0.4, -0.2) is 5.11 Å². The smallest absolute Gasteiger partial charge is 0.119 e. The van der Waals surface area contributed by atoms with E-state index in [1.165, 1.54) is 27.8 Å². The van der Waals surface area contributed by atoms with Crippen molar-refractivity contribution in [3.63, 3.8) is 0 Å². The Kier molecular flexibility index (Phi) is 3.94. The highest BCUT2D eigenvalue weighted by molar-refractivity contribution is 5.45. The zero-order valence-corrected chi connectivity index (χ0v) is 12.2. The van der Waals surface area contributed by atoms with Crippen molar-refractivity contribution in [2.45, 2.75) is 40.5 Å². The largest absolute Gasteiger partial charge is 0.508 e. The summed E-state index contributed by atoms with van der Waals surface area (Å²) in [6.07, 6.45) is 1.77. The zero-order valence-electron chi connectivity index (χ0n) is 12.2. The maximum absolute atomic E-state index is 9.95. The summed E-state index contributed by atoms with van der Waals surface area (Å²) in [5.74, 6) is 0.419. The van der Waals surface area contributed by atoms with Crippen LogP contribution in [0.1, 0.15) is 40.3 Å². The molecule has 0 aliphatic rings. The number of phenols is 1. The maximum Gasteiger partial charge on any atom is 0.119 e. The van der Waals surface area contributed by atoms with Crippen molar-refractivity contribution in [2.75, 3.05) is 0 Å². The molecule has 2 rings (SSSR count). The number of aromatic hydroxyl groups is 1. The fraction of sp³-hybridized carbons (Fsp3) is 0.333. The van der Waals surface area contributed by atoms with Crippen molar-refractivity contribution in [3.8, 4) is 5.75 Å². The first-order valence-electron chi connectivity index (χ1n) is 6.89. The topological polar surface area (TPSA) is 20.2 Å². The average Bonchev–Trinajstić information content (AvgIpc) is 2.34. The predicted octanol–water partition coefficient (Wildman–Crippen LogP) is 4.47. The Morgan fingerprint density at radius 2 is 1.58 bits per heavy atom. The van der Waals surface area contributed by atoms with E-state index in [1.807, 2.05) is 6.07 Å².